The van der Waals surface area contributed by atoms with E-state index in [0.29, 0.717) is 42.4 Å². The number of thiazole rings is 1. The number of piperidine rings is 1. The average Bonchev–Trinajstić information content (AvgIpc) is 3.61. The third-order valence-electron chi connectivity index (χ3n) is 6.37. The number of imidazole rings is 1. The van der Waals surface area contributed by atoms with Crippen LogP contribution >= 0.6 is 22.9 Å². The second-order valence-electron chi connectivity index (χ2n) is 9.51. The van der Waals surface area contributed by atoms with Crippen molar-refractivity contribution in [2.24, 2.45) is 0 Å². The molecule has 0 radical (unpaired) electrons. The molecule has 0 saturated carbocycles. The molecule has 0 aliphatic carbocycles. The van der Waals surface area contributed by atoms with Crippen LogP contribution < -0.4 is 10.1 Å². The summed E-state index contributed by atoms with van der Waals surface area (Å²) in [4.78, 5) is 51.5. The molecule has 3 heterocycles. The van der Waals surface area contributed by atoms with Crippen molar-refractivity contribution in [3.8, 4) is 5.75 Å². The summed E-state index contributed by atoms with van der Waals surface area (Å²) >= 11 is 7.61. The number of H-pyrrole nitrogens is 1. The zero-order valence-corrected chi connectivity index (χ0v) is 23.0. The van der Waals surface area contributed by atoms with E-state index in [1.165, 1.54) is 24.8 Å². The Hall–Kier alpha value is -3.44. The number of amides is 2. The Morgan fingerprint density at radius 3 is 2.66 bits per heavy atom. The van der Waals surface area contributed by atoms with Gasteiger partial charge < -0.3 is 24.7 Å². The van der Waals surface area contributed by atoms with Gasteiger partial charge in [0.05, 0.1) is 23.5 Å². The molecule has 1 aliphatic rings. The minimum atomic E-state index is -1.07. The first-order valence-corrected chi connectivity index (χ1v) is 13.5. The maximum atomic E-state index is 13.2. The number of likely N-dealkylation sites (tertiary alicyclic amines) is 1. The summed E-state index contributed by atoms with van der Waals surface area (Å²) in [6, 6.07) is 6.21. The van der Waals surface area contributed by atoms with Gasteiger partial charge in [0.2, 0.25) is 0 Å². The lowest BCUT2D eigenvalue weighted by atomic mass is 9.96. The van der Waals surface area contributed by atoms with Crippen molar-refractivity contribution in [1.29, 1.82) is 0 Å². The second kappa shape index (κ2) is 12.0. The quantitative estimate of drug-likeness (QED) is 0.383. The van der Waals surface area contributed by atoms with Gasteiger partial charge in [0.25, 0.3) is 11.8 Å². The molecular weight excluding hydrogens is 530 g/mol. The molecule has 0 spiro atoms. The number of halogens is 1. The molecule has 2 N–H and O–H groups in total. The van der Waals surface area contributed by atoms with E-state index in [9.17, 15) is 14.4 Å². The molecule has 12 heteroatoms. The molecule has 38 heavy (non-hydrogen) atoms. The minimum absolute atomic E-state index is 0.110. The molecule has 1 saturated heterocycles. The van der Waals surface area contributed by atoms with Gasteiger partial charge in [-0.25, -0.2) is 14.8 Å². The highest BCUT2D eigenvalue weighted by Crippen LogP contribution is 2.33. The largest absolute Gasteiger partial charge is 0.476 e. The van der Waals surface area contributed by atoms with Gasteiger partial charge in [-0.15, -0.1) is 11.3 Å². The van der Waals surface area contributed by atoms with E-state index < -0.39 is 23.5 Å². The molecule has 1 aliphatic heterocycles. The molecule has 2 amide bonds. The van der Waals surface area contributed by atoms with Crippen LogP contribution in [0.25, 0.3) is 0 Å². The number of carbonyl (C=O) groups is 3. The number of benzene rings is 1. The van der Waals surface area contributed by atoms with Crippen LogP contribution in [0.15, 0.2) is 42.2 Å². The summed E-state index contributed by atoms with van der Waals surface area (Å²) in [5, 5.41) is 5.68. The topological polar surface area (TPSA) is 127 Å². The number of nitrogens with one attached hydrogen (secondary N) is 2. The Balaban J connectivity index is 1.33. The van der Waals surface area contributed by atoms with Crippen LogP contribution in [0.2, 0.25) is 5.02 Å². The first-order valence-electron chi connectivity index (χ1n) is 12.2. The predicted molar refractivity (Wildman–Crippen MR) is 142 cm³/mol. The van der Waals surface area contributed by atoms with Crippen LogP contribution in [0.5, 0.6) is 5.75 Å². The van der Waals surface area contributed by atoms with Gasteiger partial charge in [-0.3, -0.25) is 9.59 Å². The van der Waals surface area contributed by atoms with Crippen LogP contribution in [0.1, 0.15) is 53.8 Å². The molecule has 4 rings (SSSR count). The molecule has 1 aromatic carbocycles. The summed E-state index contributed by atoms with van der Waals surface area (Å²) < 4.78 is 10.8. The molecule has 10 nitrogen and oxygen atoms in total. The molecule has 1 unspecified atom stereocenters. The molecule has 0 bridgehead atoms. The second-order valence-corrected chi connectivity index (χ2v) is 10.8. The number of hydrogen-bond acceptors (Lipinski definition) is 8. The number of hydrogen-bond donors (Lipinski definition) is 2. The molecule has 2 aromatic heterocycles. The van der Waals surface area contributed by atoms with Crippen LogP contribution in [0, 0.1) is 0 Å². The van der Waals surface area contributed by atoms with Crippen LogP contribution in [0.4, 0.5) is 0 Å². The van der Waals surface area contributed by atoms with Crippen LogP contribution in [-0.2, 0) is 20.7 Å². The Morgan fingerprint density at radius 2 is 2.00 bits per heavy atom. The van der Waals surface area contributed by atoms with E-state index >= 15 is 0 Å². The van der Waals surface area contributed by atoms with Gasteiger partial charge in [0.15, 0.2) is 5.60 Å². The van der Waals surface area contributed by atoms with Crippen molar-refractivity contribution >= 4 is 40.7 Å². The van der Waals surface area contributed by atoms with Crippen LogP contribution in [-0.4, -0.2) is 69.5 Å². The van der Waals surface area contributed by atoms with E-state index in [4.69, 9.17) is 21.1 Å². The molecular formula is C26H30ClN5O5S. The van der Waals surface area contributed by atoms with Gasteiger partial charge in [-0.1, -0.05) is 23.7 Å². The van der Waals surface area contributed by atoms with E-state index in [2.05, 4.69) is 20.3 Å². The SMILES string of the molecule is COC(=O)C(Cc1cnc[nH]1)NC(=O)c1csc(C2CCN(C(=O)C(C)(C)Oc3ccccc3Cl)CC2)n1. The Labute approximate surface area is 229 Å². The van der Waals surface area contributed by atoms with E-state index in [1.54, 1.807) is 48.5 Å². The van der Waals surface area contributed by atoms with Crippen LogP contribution in [0.3, 0.4) is 0 Å². The zero-order valence-electron chi connectivity index (χ0n) is 21.4. The lowest BCUT2D eigenvalue weighted by Crippen LogP contribution is -2.51. The molecule has 3 aromatic rings. The van der Waals surface area contributed by atoms with Gasteiger partial charge in [-0.05, 0) is 38.8 Å². The van der Waals surface area contributed by atoms with E-state index in [0.717, 1.165) is 5.01 Å². The number of nitrogens with zero attached hydrogens (tertiary/aromatic N) is 3. The average molecular weight is 560 g/mol. The Bertz CT molecular complexity index is 1270. The predicted octanol–water partition coefficient (Wildman–Crippen LogP) is 3.60. The van der Waals surface area contributed by atoms with Crippen molar-refractivity contribution in [2.45, 2.75) is 50.7 Å². The number of ether oxygens (including phenoxy) is 2. The lowest BCUT2D eigenvalue weighted by Gasteiger charge is -2.36. The van der Waals surface area contributed by atoms with Crippen molar-refractivity contribution in [3.05, 3.63) is 63.6 Å². The first kappa shape index (κ1) is 27.6. The third kappa shape index (κ3) is 6.51. The van der Waals surface area contributed by atoms with Gasteiger partial charge in [0.1, 0.15) is 17.5 Å². The van der Waals surface area contributed by atoms with Gasteiger partial charge in [0, 0.05) is 42.7 Å². The summed E-state index contributed by atoms with van der Waals surface area (Å²) in [6.45, 7) is 4.58. The number of rotatable bonds is 9. The Kier molecular flexibility index (Phi) is 8.68. The molecule has 1 fully saturated rings. The number of aromatic nitrogens is 3. The molecule has 1 atom stereocenters. The van der Waals surface area contributed by atoms with Gasteiger partial charge in [-0.2, -0.15) is 0 Å². The number of methoxy groups -OCH3 is 1. The molecule has 202 valence electrons. The van der Waals surface area contributed by atoms with Crippen molar-refractivity contribution < 1.29 is 23.9 Å². The fourth-order valence-electron chi connectivity index (χ4n) is 4.32. The van der Waals surface area contributed by atoms with Crippen molar-refractivity contribution in [2.75, 3.05) is 20.2 Å². The highest BCUT2D eigenvalue weighted by molar-refractivity contribution is 7.09. The summed E-state index contributed by atoms with van der Waals surface area (Å²) in [7, 11) is 1.27. The first-order chi connectivity index (χ1) is 18.2. The number of carbonyl (C=O) groups excluding carboxylic acids is 3. The summed E-state index contributed by atoms with van der Waals surface area (Å²) in [5.41, 5.74) is -0.130. The maximum Gasteiger partial charge on any atom is 0.328 e. The zero-order chi connectivity index (χ0) is 27.3. The van der Waals surface area contributed by atoms with Gasteiger partial charge >= 0.3 is 5.97 Å². The summed E-state index contributed by atoms with van der Waals surface area (Å²) in [5.74, 6) is -0.522. The third-order valence-corrected chi connectivity index (χ3v) is 7.69. The number of aromatic amines is 1. The highest BCUT2D eigenvalue weighted by atomic mass is 35.5. The normalized spacial score (nSPS) is 15.1. The van der Waals surface area contributed by atoms with E-state index in [1.807, 2.05) is 6.07 Å². The standard InChI is InChI=1S/C26H30ClN5O5S/c1-26(2,37-21-7-5-4-6-18(21)27)25(35)32-10-8-16(9-11-32)23-31-20(14-38-23)22(33)30-19(24(34)36-3)12-17-13-28-15-29-17/h4-7,13-16,19H,8-12H2,1-3H3,(H,28,29)(H,30,33). The van der Waals surface area contributed by atoms with E-state index in [-0.39, 0.29) is 23.9 Å². The fourth-order valence-corrected chi connectivity index (χ4v) is 5.47. The smallest absolute Gasteiger partial charge is 0.328 e. The monoisotopic (exact) mass is 559 g/mol. The number of para-hydroxylation sites is 1. The van der Waals surface area contributed by atoms with Crippen molar-refractivity contribution in [1.82, 2.24) is 25.2 Å². The van der Waals surface area contributed by atoms with Crippen molar-refractivity contribution in [3.63, 3.8) is 0 Å². The lowest BCUT2D eigenvalue weighted by molar-refractivity contribution is -0.146. The maximum absolute atomic E-state index is 13.2. The summed E-state index contributed by atoms with van der Waals surface area (Å²) in [6.07, 6.45) is 4.74. The Morgan fingerprint density at radius 1 is 1.26 bits per heavy atom. The number of esters is 1. The fraction of sp³-hybridized carbons (Fsp3) is 0.423. The highest BCUT2D eigenvalue weighted by Gasteiger charge is 2.37. The minimum Gasteiger partial charge on any atom is -0.476 e.